The second-order valence-corrected chi connectivity index (χ2v) is 3.02. The Morgan fingerprint density at radius 3 is 2.67 bits per heavy atom. The number of hydrogen-bond acceptors (Lipinski definition) is 1. The summed E-state index contributed by atoms with van der Waals surface area (Å²) in [6.07, 6.45) is 13.0. The first-order valence-electron chi connectivity index (χ1n) is 3.61. The largest absolute Gasteiger partial charge is 0.250 e. The minimum Gasteiger partial charge on any atom is -0.250 e. The summed E-state index contributed by atoms with van der Waals surface area (Å²) < 4.78 is 0.971. The van der Waals surface area contributed by atoms with Crippen LogP contribution in [-0.4, -0.2) is 3.72 Å². The lowest BCUT2D eigenvalue weighted by Crippen LogP contribution is -1.73. The smallest absolute Gasteiger partial charge is 0.101 e. The van der Waals surface area contributed by atoms with Crippen molar-refractivity contribution in [1.29, 1.82) is 0 Å². The van der Waals surface area contributed by atoms with Crippen molar-refractivity contribution in [1.82, 2.24) is 0 Å². The molecule has 0 aromatic heterocycles. The molecule has 0 aromatic rings. The zero-order valence-electron chi connectivity index (χ0n) is 7.07. The van der Waals surface area contributed by atoms with Gasteiger partial charge in [0.15, 0.2) is 0 Å². The Hall–Kier alpha value is -0.640. The van der Waals surface area contributed by atoms with E-state index in [1.165, 1.54) is 0 Å². The van der Waals surface area contributed by atoms with E-state index in [9.17, 15) is 0 Å². The Kier molecular flexibility index (Phi) is 8.01. The zero-order chi connectivity index (χ0) is 9.23. The van der Waals surface area contributed by atoms with Crippen LogP contribution < -0.4 is 0 Å². The second kappa shape index (κ2) is 8.46. The third kappa shape index (κ3) is 7.47. The summed E-state index contributed by atoms with van der Waals surface area (Å²) in [6.45, 7) is 5.52. The maximum Gasteiger partial charge on any atom is 0.101 e. The first-order valence-corrected chi connectivity index (χ1v) is 4.69. The number of allylic oxidation sites excluding steroid dienone is 6. The van der Waals surface area contributed by atoms with E-state index in [2.05, 4.69) is 34.2 Å². The van der Waals surface area contributed by atoms with Crippen LogP contribution in [0.2, 0.25) is 0 Å². The van der Waals surface area contributed by atoms with Crippen molar-refractivity contribution >= 4 is 26.3 Å². The summed E-state index contributed by atoms with van der Waals surface area (Å²) in [6, 6.07) is 0. The molecular weight excluding hydrogens is 261 g/mol. The van der Waals surface area contributed by atoms with Crippen molar-refractivity contribution in [2.24, 2.45) is 4.99 Å². The summed E-state index contributed by atoms with van der Waals surface area (Å²) >= 11 is 2.17. The van der Waals surface area contributed by atoms with E-state index >= 15 is 0 Å². The van der Waals surface area contributed by atoms with Gasteiger partial charge in [-0.25, -0.2) is 0 Å². The number of hydrogen-bond donors (Lipinski definition) is 0. The van der Waals surface area contributed by atoms with Gasteiger partial charge in [0.05, 0.1) is 0 Å². The molecule has 0 saturated heterocycles. The van der Waals surface area contributed by atoms with Gasteiger partial charge in [-0.15, -0.1) is 0 Å². The average Bonchev–Trinajstić information content (AvgIpc) is 2.05. The summed E-state index contributed by atoms with van der Waals surface area (Å²) in [7, 11) is 0. The monoisotopic (exact) mass is 273 g/mol. The molecule has 0 aliphatic carbocycles. The fourth-order valence-electron chi connectivity index (χ4n) is 0.487. The molecule has 0 aliphatic rings. The Labute approximate surface area is 87.4 Å². The lowest BCUT2D eigenvalue weighted by Gasteiger charge is -1.81. The van der Waals surface area contributed by atoms with Crippen LogP contribution in [0.4, 0.5) is 0 Å². The van der Waals surface area contributed by atoms with E-state index in [0.29, 0.717) is 0 Å². The first kappa shape index (κ1) is 11.4. The van der Waals surface area contributed by atoms with Gasteiger partial charge in [-0.1, -0.05) is 30.9 Å². The molecule has 0 rings (SSSR count). The van der Waals surface area contributed by atoms with Crippen molar-refractivity contribution in [2.45, 2.75) is 6.92 Å². The summed E-state index contributed by atoms with van der Waals surface area (Å²) in [4.78, 5) is 4.14. The quantitative estimate of drug-likeness (QED) is 0.421. The lowest BCUT2D eigenvalue weighted by molar-refractivity contribution is 1.59. The molecule has 0 radical (unpaired) electrons. The zero-order valence-corrected chi connectivity index (χ0v) is 9.23. The third-order valence-electron chi connectivity index (χ3n) is 0.946. The molecule has 12 heavy (non-hydrogen) atoms. The van der Waals surface area contributed by atoms with E-state index in [1.54, 1.807) is 12.3 Å². The molecule has 0 amide bonds. The molecule has 0 saturated carbocycles. The number of aliphatic imine (C=N–C) groups is 1. The maximum atomic E-state index is 4.14. The highest BCUT2D eigenvalue weighted by Crippen LogP contribution is 1.94. The van der Waals surface area contributed by atoms with E-state index in [-0.39, 0.29) is 0 Å². The molecule has 0 N–H and O–H groups in total. The molecule has 0 unspecified atom stereocenters. The van der Waals surface area contributed by atoms with Gasteiger partial charge in [-0.3, -0.25) is 4.99 Å². The fraction of sp³-hybridized carbons (Fsp3) is 0.100. The maximum absolute atomic E-state index is 4.14. The van der Waals surface area contributed by atoms with Gasteiger partial charge in [-0.05, 0) is 41.7 Å². The van der Waals surface area contributed by atoms with Crippen LogP contribution in [0.3, 0.4) is 0 Å². The Balaban J connectivity index is 3.93. The number of halogens is 1. The average molecular weight is 273 g/mol. The van der Waals surface area contributed by atoms with Crippen LogP contribution in [0.1, 0.15) is 6.92 Å². The highest BCUT2D eigenvalue weighted by Gasteiger charge is 1.77. The van der Waals surface area contributed by atoms with Gasteiger partial charge in [0.25, 0.3) is 0 Å². The van der Waals surface area contributed by atoms with Crippen LogP contribution >= 0.6 is 22.6 Å². The topological polar surface area (TPSA) is 12.4 Å². The van der Waals surface area contributed by atoms with Crippen molar-refractivity contribution < 1.29 is 0 Å². The molecule has 2 heteroatoms. The Morgan fingerprint density at radius 2 is 2.08 bits per heavy atom. The normalized spacial score (nSPS) is 13.7. The predicted molar refractivity (Wildman–Crippen MR) is 64.7 cm³/mol. The molecule has 0 atom stereocenters. The van der Waals surface area contributed by atoms with E-state index in [4.69, 9.17) is 0 Å². The van der Waals surface area contributed by atoms with E-state index in [1.807, 2.05) is 37.3 Å². The Morgan fingerprint density at radius 1 is 1.33 bits per heavy atom. The minimum atomic E-state index is 0.971. The Bertz CT molecular complexity index is 234. The highest BCUT2D eigenvalue weighted by molar-refractivity contribution is 14.1. The van der Waals surface area contributed by atoms with Gasteiger partial charge < -0.3 is 0 Å². The number of nitrogens with zero attached hydrogens (tertiary/aromatic N) is 1. The van der Waals surface area contributed by atoms with Crippen molar-refractivity contribution in [2.75, 3.05) is 0 Å². The highest BCUT2D eigenvalue weighted by atomic mass is 127. The third-order valence-corrected chi connectivity index (χ3v) is 1.58. The molecule has 0 fully saturated rings. The molecule has 0 spiro atoms. The number of rotatable bonds is 4. The summed E-state index contributed by atoms with van der Waals surface area (Å²) in [5.74, 6) is 0. The molecule has 0 aliphatic heterocycles. The first-order chi connectivity index (χ1) is 5.81. The van der Waals surface area contributed by atoms with Crippen molar-refractivity contribution in [3.8, 4) is 0 Å². The van der Waals surface area contributed by atoms with E-state index < -0.39 is 0 Å². The minimum absolute atomic E-state index is 0.971. The van der Waals surface area contributed by atoms with Gasteiger partial charge in [0, 0.05) is 6.20 Å². The summed E-state index contributed by atoms with van der Waals surface area (Å²) in [5.41, 5.74) is 0. The molecule has 0 heterocycles. The van der Waals surface area contributed by atoms with Gasteiger partial charge in [-0.2, -0.15) is 0 Å². The van der Waals surface area contributed by atoms with Crippen LogP contribution in [-0.2, 0) is 0 Å². The van der Waals surface area contributed by atoms with Crippen molar-refractivity contribution in [3.05, 3.63) is 49.2 Å². The standard InChI is InChI=1S/C10H12IN/c1-3-5-6-7-9-12-10(11)8-4-2/h3-9H,1H2,2H3/b6-5+,8-4-,9-7-,12-10-. The predicted octanol–water partition coefficient (Wildman–Crippen LogP) is 3.65. The second-order valence-electron chi connectivity index (χ2n) is 1.91. The fourth-order valence-corrected chi connectivity index (χ4v) is 1.01. The van der Waals surface area contributed by atoms with Crippen LogP contribution in [0.25, 0.3) is 0 Å². The van der Waals surface area contributed by atoms with Crippen LogP contribution in [0.15, 0.2) is 54.2 Å². The van der Waals surface area contributed by atoms with E-state index in [0.717, 1.165) is 3.72 Å². The van der Waals surface area contributed by atoms with Gasteiger partial charge >= 0.3 is 0 Å². The van der Waals surface area contributed by atoms with Crippen LogP contribution in [0.5, 0.6) is 0 Å². The summed E-state index contributed by atoms with van der Waals surface area (Å²) in [5, 5.41) is 0. The lowest BCUT2D eigenvalue weighted by atomic mass is 10.5. The molecule has 64 valence electrons. The van der Waals surface area contributed by atoms with Crippen LogP contribution in [0, 0.1) is 0 Å². The molecular formula is C10H12IN. The molecule has 0 aromatic carbocycles. The van der Waals surface area contributed by atoms with Gasteiger partial charge in [0.1, 0.15) is 3.72 Å². The molecule has 1 nitrogen and oxygen atoms in total. The van der Waals surface area contributed by atoms with Gasteiger partial charge in [0.2, 0.25) is 0 Å². The van der Waals surface area contributed by atoms with Crippen molar-refractivity contribution in [3.63, 3.8) is 0 Å². The molecule has 0 bridgehead atoms. The SMILES string of the molecule is C=C/C=C/C=C\N=C(I)\C=C/C.